The minimum absolute atomic E-state index is 0.0632. The first-order chi connectivity index (χ1) is 6.97. The summed E-state index contributed by atoms with van der Waals surface area (Å²) < 4.78 is 0. The number of hydrogen-bond donors (Lipinski definition) is 0. The molecule has 84 valence electrons. The van der Waals surface area contributed by atoms with Crippen LogP contribution in [-0.4, -0.2) is 6.29 Å². The van der Waals surface area contributed by atoms with Crippen LogP contribution >= 0.6 is 0 Å². The predicted octanol–water partition coefficient (Wildman–Crippen LogP) is 3.88. The highest BCUT2D eigenvalue weighted by Gasteiger charge is 2.37. The third-order valence-corrected chi connectivity index (χ3v) is 4.37. The Morgan fingerprint density at radius 1 is 1.13 bits per heavy atom. The molecule has 1 atom stereocenters. The lowest BCUT2D eigenvalue weighted by atomic mass is 9.63. The maximum Gasteiger partial charge on any atom is 0.126 e. The third kappa shape index (κ3) is 1.89. The monoisotopic (exact) mass is 206 g/mol. The molecule has 1 unspecified atom stereocenters. The first-order valence-corrected chi connectivity index (χ1v) is 6.15. The first kappa shape index (κ1) is 10.9. The summed E-state index contributed by atoms with van der Waals surface area (Å²) in [5.41, 5.74) is 3.62. The molecule has 0 saturated heterocycles. The summed E-state index contributed by atoms with van der Waals surface area (Å²) in [6.07, 6.45) is 8.27. The Morgan fingerprint density at radius 3 is 2.53 bits per heavy atom. The number of hydrogen-bond acceptors (Lipinski definition) is 1. The number of carbonyl (C=O) groups excluding carboxylic acids is 1. The summed E-state index contributed by atoms with van der Waals surface area (Å²) in [5.74, 6) is 0. The van der Waals surface area contributed by atoms with E-state index in [9.17, 15) is 4.79 Å². The lowest BCUT2D eigenvalue weighted by Gasteiger charge is -2.42. The van der Waals surface area contributed by atoms with Crippen molar-refractivity contribution in [3.05, 3.63) is 11.1 Å². The van der Waals surface area contributed by atoms with Gasteiger partial charge in [0.1, 0.15) is 6.29 Å². The minimum atomic E-state index is -0.0632. The summed E-state index contributed by atoms with van der Waals surface area (Å²) >= 11 is 0. The Morgan fingerprint density at radius 2 is 1.87 bits per heavy atom. The molecule has 0 heterocycles. The van der Waals surface area contributed by atoms with Crippen molar-refractivity contribution in [2.75, 3.05) is 0 Å². The summed E-state index contributed by atoms with van der Waals surface area (Å²) in [6, 6.07) is 0. The van der Waals surface area contributed by atoms with Gasteiger partial charge >= 0.3 is 0 Å². The molecule has 1 heteroatoms. The molecule has 0 aromatic rings. The zero-order valence-corrected chi connectivity index (χ0v) is 10.2. The van der Waals surface area contributed by atoms with Crippen molar-refractivity contribution in [2.24, 2.45) is 10.8 Å². The van der Waals surface area contributed by atoms with Gasteiger partial charge in [-0.2, -0.15) is 0 Å². The number of carbonyl (C=O) groups is 1. The molecule has 0 aliphatic heterocycles. The van der Waals surface area contributed by atoms with Crippen molar-refractivity contribution < 1.29 is 4.79 Å². The van der Waals surface area contributed by atoms with Crippen LogP contribution in [0.4, 0.5) is 0 Å². The second kappa shape index (κ2) is 3.47. The van der Waals surface area contributed by atoms with Gasteiger partial charge in [-0.05, 0) is 43.9 Å². The van der Waals surface area contributed by atoms with Crippen molar-refractivity contribution in [3.63, 3.8) is 0 Å². The fourth-order valence-corrected chi connectivity index (χ4v) is 3.32. The standard InChI is InChI=1S/C14H22O/c1-13(2)7-4-5-11-9-14(3,10-15)8-6-12(11)13/h10H,4-9H2,1-3H3. The van der Waals surface area contributed by atoms with E-state index in [0.717, 1.165) is 19.3 Å². The molecule has 15 heavy (non-hydrogen) atoms. The molecule has 1 nitrogen and oxygen atoms in total. The van der Waals surface area contributed by atoms with E-state index in [4.69, 9.17) is 0 Å². The molecule has 0 fully saturated rings. The number of allylic oxidation sites excluding steroid dienone is 2. The van der Waals surface area contributed by atoms with Crippen molar-refractivity contribution in [1.29, 1.82) is 0 Å². The van der Waals surface area contributed by atoms with Crippen molar-refractivity contribution in [3.8, 4) is 0 Å². The fraction of sp³-hybridized carbons (Fsp3) is 0.786. The van der Waals surface area contributed by atoms with Gasteiger partial charge in [-0.25, -0.2) is 0 Å². The van der Waals surface area contributed by atoms with Crippen LogP contribution < -0.4 is 0 Å². The van der Waals surface area contributed by atoms with Crippen LogP contribution in [0.15, 0.2) is 11.1 Å². The Bertz CT molecular complexity index is 311. The molecule has 2 aliphatic rings. The zero-order chi connectivity index (χ0) is 11.1. The quantitative estimate of drug-likeness (QED) is 0.470. The third-order valence-electron chi connectivity index (χ3n) is 4.37. The topological polar surface area (TPSA) is 17.1 Å². The van der Waals surface area contributed by atoms with Gasteiger partial charge in [0.2, 0.25) is 0 Å². The van der Waals surface area contributed by atoms with Crippen LogP contribution in [0.2, 0.25) is 0 Å². The summed E-state index contributed by atoms with van der Waals surface area (Å²) in [6.45, 7) is 6.85. The molecule has 0 amide bonds. The molecule has 2 aliphatic carbocycles. The van der Waals surface area contributed by atoms with E-state index < -0.39 is 0 Å². The van der Waals surface area contributed by atoms with Gasteiger partial charge in [0, 0.05) is 5.41 Å². The first-order valence-electron chi connectivity index (χ1n) is 6.15. The molecule has 0 radical (unpaired) electrons. The van der Waals surface area contributed by atoms with Gasteiger partial charge in [0.05, 0.1) is 0 Å². The van der Waals surface area contributed by atoms with Crippen LogP contribution in [0, 0.1) is 10.8 Å². The second-order valence-corrected chi connectivity index (χ2v) is 6.27. The summed E-state index contributed by atoms with van der Waals surface area (Å²) in [7, 11) is 0. The maximum absolute atomic E-state index is 11.1. The number of aldehydes is 1. The van der Waals surface area contributed by atoms with Crippen molar-refractivity contribution in [1.82, 2.24) is 0 Å². The van der Waals surface area contributed by atoms with Crippen LogP contribution in [0.25, 0.3) is 0 Å². The van der Waals surface area contributed by atoms with Crippen LogP contribution in [0.5, 0.6) is 0 Å². The highest BCUT2D eigenvalue weighted by atomic mass is 16.1. The second-order valence-electron chi connectivity index (χ2n) is 6.27. The molecule has 0 saturated carbocycles. The van der Waals surface area contributed by atoms with E-state index in [1.54, 1.807) is 11.1 Å². The normalized spacial score (nSPS) is 34.9. The van der Waals surface area contributed by atoms with E-state index >= 15 is 0 Å². The van der Waals surface area contributed by atoms with E-state index in [1.165, 1.54) is 25.5 Å². The molecule has 2 rings (SSSR count). The number of rotatable bonds is 1. The lowest BCUT2D eigenvalue weighted by molar-refractivity contribution is -0.116. The average Bonchev–Trinajstić information content (AvgIpc) is 2.17. The zero-order valence-electron chi connectivity index (χ0n) is 10.2. The van der Waals surface area contributed by atoms with Gasteiger partial charge in [0.25, 0.3) is 0 Å². The minimum Gasteiger partial charge on any atom is -0.303 e. The SMILES string of the molecule is CC1(C=O)CCC2=C(CCCC2(C)C)C1. The van der Waals surface area contributed by atoms with Gasteiger partial charge in [0.15, 0.2) is 0 Å². The molecule has 0 spiro atoms. The summed E-state index contributed by atoms with van der Waals surface area (Å²) in [5, 5.41) is 0. The van der Waals surface area contributed by atoms with Crippen molar-refractivity contribution >= 4 is 6.29 Å². The largest absolute Gasteiger partial charge is 0.303 e. The lowest BCUT2D eigenvalue weighted by Crippen LogP contribution is -2.30. The Labute approximate surface area is 92.9 Å². The molecule has 0 aromatic heterocycles. The smallest absolute Gasteiger partial charge is 0.126 e. The molecule has 0 N–H and O–H groups in total. The molecular formula is C14H22O. The van der Waals surface area contributed by atoms with Gasteiger partial charge < -0.3 is 4.79 Å². The van der Waals surface area contributed by atoms with Gasteiger partial charge in [-0.15, -0.1) is 0 Å². The van der Waals surface area contributed by atoms with Gasteiger partial charge in [-0.3, -0.25) is 0 Å². The molecule has 0 bridgehead atoms. The fourth-order valence-electron chi connectivity index (χ4n) is 3.32. The Hall–Kier alpha value is -0.590. The maximum atomic E-state index is 11.1. The Balaban J connectivity index is 2.30. The van der Waals surface area contributed by atoms with Crippen LogP contribution in [0.1, 0.15) is 59.3 Å². The van der Waals surface area contributed by atoms with E-state index in [-0.39, 0.29) is 5.41 Å². The van der Waals surface area contributed by atoms with Gasteiger partial charge in [-0.1, -0.05) is 31.9 Å². The average molecular weight is 206 g/mol. The van der Waals surface area contributed by atoms with Crippen LogP contribution in [-0.2, 0) is 4.79 Å². The van der Waals surface area contributed by atoms with Crippen molar-refractivity contribution in [2.45, 2.75) is 59.3 Å². The molecule has 0 aromatic carbocycles. The van der Waals surface area contributed by atoms with E-state index in [2.05, 4.69) is 20.8 Å². The Kier molecular flexibility index (Phi) is 2.52. The highest BCUT2D eigenvalue weighted by molar-refractivity contribution is 5.60. The highest BCUT2D eigenvalue weighted by Crippen LogP contribution is 2.50. The predicted molar refractivity (Wildman–Crippen MR) is 62.7 cm³/mol. The van der Waals surface area contributed by atoms with Crippen LogP contribution in [0.3, 0.4) is 0 Å². The van der Waals surface area contributed by atoms with E-state index in [1.807, 2.05) is 0 Å². The summed E-state index contributed by atoms with van der Waals surface area (Å²) in [4.78, 5) is 11.1. The molecular weight excluding hydrogens is 184 g/mol. The van der Waals surface area contributed by atoms with E-state index in [0.29, 0.717) is 5.41 Å².